The molecule has 3 rings (SSSR count). The maximum absolute atomic E-state index is 12.2. The molecule has 28 heavy (non-hydrogen) atoms. The van der Waals surface area contributed by atoms with Gasteiger partial charge in [0.05, 0.1) is 5.69 Å². The Morgan fingerprint density at radius 3 is 2.50 bits per heavy atom. The van der Waals surface area contributed by atoms with Crippen LogP contribution in [-0.2, 0) is 18.3 Å². The second kappa shape index (κ2) is 7.81. The van der Waals surface area contributed by atoms with Crippen molar-refractivity contribution in [3.63, 3.8) is 0 Å². The molecule has 1 aromatic heterocycles. The topological polar surface area (TPSA) is 104 Å². The molecular weight excluding hydrogens is 358 g/mol. The minimum absolute atomic E-state index is 0.119. The fourth-order valence-electron chi connectivity index (χ4n) is 4.32. The highest BCUT2D eigenvalue weighted by Gasteiger charge is 2.48. The van der Waals surface area contributed by atoms with Crippen molar-refractivity contribution in [1.82, 2.24) is 30.6 Å². The second-order valence-electron chi connectivity index (χ2n) is 7.87. The molecule has 1 unspecified atom stereocenters. The van der Waals surface area contributed by atoms with Gasteiger partial charge in [0.1, 0.15) is 5.54 Å². The number of imide groups is 1. The van der Waals surface area contributed by atoms with Gasteiger partial charge in [0.25, 0.3) is 5.91 Å². The maximum Gasteiger partial charge on any atom is 0.322 e. The van der Waals surface area contributed by atoms with Crippen LogP contribution in [0.15, 0.2) is 4.99 Å². The third-order valence-electron chi connectivity index (χ3n) is 6.21. The van der Waals surface area contributed by atoms with Gasteiger partial charge < -0.3 is 15.5 Å². The number of aliphatic imine (C=N–C) groups is 1. The van der Waals surface area contributed by atoms with E-state index in [0.717, 1.165) is 50.6 Å². The first-order chi connectivity index (χ1) is 13.3. The zero-order valence-corrected chi connectivity index (χ0v) is 17.4. The number of nitrogens with zero attached hydrogens (tertiary/aromatic N) is 4. The molecule has 2 fully saturated rings. The van der Waals surface area contributed by atoms with Gasteiger partial charge in [-0.3, -0.25) is 19.8 Å². The molecule has 154 valence electrons. The molecule has 0 spiro atoms. The van der Waals surface area contributed by atoms with Crippen molar-refractivity contribution in [1.29, 1.82) is 0 Å². The van der Waals surface area contributed by atoms with E-state index in [0.29, 0.717) is 0 Å². The molecule has 9 nitrogen and oxygen atoms in total. The number of likely N-dealkylation sites (tertiary alicyclic amines) is 1. The molecule has 0 radical (unpaired) electrons. The van der Waals surface area contributed by atoms with E-state index in [1.54, 1.807) is 7.05 Å². The number of urea groups is 1. The van der Waals surface area contributed by atoms with Gasteiger partial charge in [-0.1, -0.05) is 0 Å². The van der Waals surface area contributed by atoms with Crippen LogP contribution in [0.3, 0.4) is 0 Å². The van der Waals surface area contributed by atoms with E-state index in [1.165, 1.54) is 11.3 Å². The summed E-state index contributed by atoms with van der Waals surface area (Å²) >= 11 is 0. The predicted octanol–water partition coefficient (Wildman–Crippen LogP) is 0.465. The Hall–Kier alpha value is -2.58. The lowest BCUT2D eigenvalue weighted by atomic mass is 9.79. The molecule has 2 aliphatic rings. The van der Waals surface area contributed by atoms with Crippen LogP contribution in [0.2, 0.25) is 0 Å². The van der Waals surface area contributed by atoms with Gasteiger partial charge in [0.15, 0.2) is 5.96 Å². The summed E-state index contributed by atoms with van der Waals surface area (Å²) < 4.78 is 1.92. The largest absolute Gasteiger partial charge is 0.356 e. The molecule has 2 saturated heterocycles. The molecule has 3 amide bonds. The van der Waals surface area contributed by atoms with Gasteiger partial charge in [-0.25, -0.2) is 4.79 Å². The van der Waals surface area contributed by atoms with Crippen molar-refractivity contribution >= 4 is 17.9 Å². The van der Waals surface area contributed by atoms with Gasteiger partial charge in [0, 0.05) is 39.4 Å². The summed E-state index contributed by atoms with van der Waals surface area (Å²) in [5, 5.41) is 13.1. The predicted molar refractivity (Wildman–Crippen MR) is 107 cm³/mol. The molecular formula is C19H31N7O2. The van der Waals surface area contributed by atoms with E-state index in [9.17, 15) is 9.59 Å². The Kier molecular flexibility index (Phi) is 5.62. The third kappa shape index (κ3) is 3.70. The van der Waals surface area contributed by atoms with Crippen LogP contribution in [0.25, 0.3) is 0 Å². The van der Waals surface area contributed by atoms with Crippen molar-refractivity contribution in [2.75, 3.05) is 26.7 Å². The van der Waals surface area contributed by atoms with Crippen molar-refractivity contribution in [2.24, 2.45) is 18.0 Å². The minimum atomic E-state index is -0.810. The quantitative estimate of drug-likeness (QED) is 0.394. The lowest BCUT2D eigenvalue weighted by molar-refractivity contribution is -0.125. The highest BCUT2D eigenvalue weighted by Crippen LogP contribution is 2.30. The number of aryl methyl sites for hydroxylation is 2. The number of piperidine rings is 1. The summed E-state index contributed by atoms with van der Waals surface area (Å²) in [5.74, 6) is 0.775. The van der Waals surface area contributed by atoms with Crippen LogP contribution in [-0.4, -0.2) is 64.8 Å². The standard InChI is InChI=1S/C19H31N7O2/c1-12-15(13(2)25(5)24-12)6-9-21-17(20-4)26-10-7-14(8-11-26)19(3)16(27)22-18(28)23-19/h14H,6-11H2,1-5H3,(H,20,21)(H2,22,23,27,28). The van der Waals surface area contributed by atoms with Gasteiger partial charge in [-0.15, -0.1) is 0 Å². The second-order valence-corrected chi connectivity index (χ2v) is 7.87. The SMILES string of the molecule is CN=C(NCCc1c(C)nn(C)c1C)N1CCC(C2(C)NC(=O)NC2=O)CC1. The van der Waals surface area contributed by atoms with Crippen LogP contribution < -0.4 is 16.0 Å². The fourth-order valence-corrected chi connectivity index (χ4v) is 4.32. The van der Waals surface area contributed by atoms with Crippen molar-refractivity contribution < 1.29 is 9.59 Å². The first-order valence-corrected chi connectivity index (χ1v) is 9.84. The Morgan fingerprint density at radius 1 is 1.32 bits per heavy atom. The maximum atomic E-state index is 12.2. The van der Waals surface area contributed by atoms with Gasteiger partial charge in [-0.2, -0.15) is 5.10 Å². The normalized spacial score (nSPS) is 23.8. The van der Waals surface area contributed by atoms with Crippen LogP contribution >= 0.6 is 0 Å². The molecule has 1 atom stereocenters. The molecule has 1 aromatic rings. The smallest absolute Gasteiger partial charge is 0.322 e. The number of aromatic nitrogens is 2. The summed E-state index contributed by atoms with van der Waals surface area (Å²) in [6.07, 6.45) is 2.54. The third-order valence-corrected chi connectivity index (χ3v) is 6.21. The first kappa shape index (κ1) is 20.2. The van der Waals surface area contributed by atoms with E-state index in [-0.39, 0.29) is 11.8 Å². The number of amides is 3. The monoisotopic (exact) mass is 389 g/mol. The summed E-state index contributed by atoms with van der Waals surface area (Å²) in [7, 11) is 3.76. The fraction of sp³-hybridized carbons (Fsp3) is 0.684. The highest BCUT2D eigenvalue weighted by molar-refractivity contribution is 6.07. The molecule has 0 bridgehead atoms. The summed E-state index contributed by atoms with van der Waals surface area (Å²) in [6.45, 7) is 8.34. The van der Waals surface area contributed by atoms with Crippen LogP contribution in [0.1, 0.15) is 36.7 Å². The molecule has 0 aromatic carbocycles. The van der Waals surface area contributed by atoms with Gasteiger partial charge in [-0.05, 0) is 51.5 Å². The van der Waals surface area contributed by atoms with Gasteiger partial charge >= 0.3 is 6.03 Å². The van der Waals surface area contributed by atoms with Gasteiger partial charge in [0.2, 0.25) is 0 Å². The number of hydrogen-bond donors (Lipinski definition) is 3. The Balaban J connectivity index is 1.53. The lowest BCUT2D eigenvalue weighted by Crippen LogP contribution is -2.55. The Labute approximate surface area is 165 Å². The summed E-state index contributed by atoms with van der Waals surface area (Å²) in [5.41, 5.74) is 2.73. The number of nitrogens with one attached hydrogen (secondary N) is 3. The van der Waals surface area contributed by atoms with E-state index < -0.39 is 11.6 Å². The molecule has 9 heteroatoms. The first-order valence-electron chi connectivity index (χ1n) is 9.84. The van der Waals surface area contributed by atoms with Crippen molar-refractivity contribution in [3.05, 3.63) is 17.0 Å². The highest BCUT2D eigenvalue weighted by atomic mass is 16.2. The average Bonchev–Trinajstić information content (AvgIpc) is 3.07. The number of guanidine groups is 1. The van der Waals surface area contributed by atoms with E-state index in [4.69, 9.17) is 0 Å². The molecule has 2 aliphatic heterocycles. The molecule has 3 N–H and O–H groups in total. The number of carbonyl (C=O) groups is 2. The van der Waals surface area contributed by atoms with Crippen LogP contribution in [0.5, 0.6) is 0 Å². The molecule has 3 heterocycles. The van der Waals surface area contributed by atoms with Crippen molar-refractivity contribution in [2.45, 2.75) is 45.6 Å². The zero-order valence-electron chi connectivity index (χ0n) is 17.4. The lowest BCUT2D eigenvalue weighted by Gasteiger charge is -2.39. The molecule has 0 aliphatic carbocycles. The number of hydrogen-bond acceptors (Lipinski definition) is 4. The van der Waals surface area contributed by atoms with E-state index in [1.807, 2.05) is 25.6 Å². The van der Waals surface area contributed by atoms with E-state index in [2.05, 4.69) is 37.9 Å². The Bertz CT molecular complexity index is 792. The molecule has 0 saturated carbocycles. The minimum Gasteiger partial charge on any atom is -0.356 e. The summed E-state index contributed by atoms with van der Waals surface area (Å²) in [6, 6.07) is -0.395. The number of rotatable bonds is 4. The summed E-state index contributed by atoms with van der Waals surface area (Å²) in [4.78, 5) is 30.3. The number of carbonyl (C=O) groups excluding carboxylic acids is 2. The van der Waals surface area contributed by atoms with Crippen LogP contribution in [0.4, 0.5) is 4.79 Å². The van der Waals surface area contributed by atoms with Crippen LogP contribution in [0, 0.1) is 19.8 Å². The van der Waals surface area contributed by atoms with E-state index >= 15 is 0 Å². The average molecular weight is 390 g/mol. The zero-order chi connectivity index (χ0) is 20.5. The Morgan fingerprint density at radius 2 is 2.00 bits per heavy atom. The van der Waals surface area contributed by atoms with Crippen molar-refractivity contribution in [3.8, 4) is 0 Å².